The molecule has 1 N–H and O–H groups in total. The maximum absolute atomic E-state index is 10.8. The van der Waals surface area contributed by atoms with Crippen LogP contribution in [0.1, 0.15) is 44.2 Å². The first-order valence-electron chi connectivity index (χ1n) is 7.00. The maximum Gasteiger partial charge on any atom is 0.308 e. The highest BCUT2D eigenvalue weighted by Crippen LogP contribution is 2.27. The predicted octanol–water partition coefficient (Wildman–Crippen LogP) is 3.91. The molecule has 1 aromatic rings. The molecule has 19 heavy (non-hydrogen) atoms. The molecule has 1 aliphatic heterocycles. The van der Waals surface area contributed by atoms with E-state index in [1.807, 2.05) is 6.92 Å². The third kappa shape index (κ3) is 4.58. The number of carbonyl (C=O) groups is 1. The quantitative estimate of drug-likeness (QED) is 0.837. The second kappa shape index (κ2) is 7.82. The van der Waals surface area contributed by atoms with Gasteiger partial charge in [0.15, 0.2) is 0 Å². The van der Waals surface area contributed by atoms with Crippen LogP contribution in [0.2, 0.25) is 0 Å². The molecule has 1 aromatic carbocycles. The van der Waals surface area contributed by atoms with E-state index in [1.54, 1.807) is 0 Å². The van der Waals surface area contributed by atoms with Crippen LogP contribution in [-0.4, -0.2) is 13.1 Å². The Kier molecular flexibility index (Phi) is 6.40. The van der Waals surface area contributed by atoms with Crippen LogP contribution in [0.3, 0.4) is 0 Å². The van der Waals surface area contributed by atoms with Crippen molar-refractivity contribution >= 4 is 11.7 Å². The van der Waals surface area contributed by atoms with Crippen LogP contribution in [0, 0.1) is 12.8 Å². The summed E-state index contributed by atoms with van der Waals surface area (Å²) in [5.41, 5.74) is 4.21. The van der Waals surface area contributed by atoms with Crippen molar-refractivity contribution in [2.24, 2.45) is 5.92 Å². The molecule has 0 bridgehead atoms. The van der Waals surface area contributed by atoms with Crippen molar-refractivity contribution in [1.29, 1.82) is 0 Å². The van der Waals surface area contributed by atoms with Gasteiger partial charge in [-0.05, 0) is 30.5 Å². The average Bonchev–Trinajstić information content (AvgIpc) is 2.38. The fourth-order valence-electron chi connectivity index (χ4n) is 2.01. The van der Waals surface area contributed by atoms with Gasteiger partial charge in [-0.25, -0.2) is 0 Å². The number of aryl methyl sites for hydroxylation is 1. The van der Waals surface area contributed by atoms with Crippen molar-refractivity contribution in [2.45, 2.75) is 46.6 Å². The van der Waals surface area contributed by atoms with Crippen molar-refractivity contribution in [2.75, 3.05) is 12.4 Å². The third-order valence-electron chi connectivity index (χ3n) is 3.46. The second-order valence-corrected chi connectivity index (χ2v) is 5.02. The number of nitrogens with one attached hydrogen (secondary N) is 1. The topological polar surface area (TPSA) is 38.3 Å². The van der Waals surface area contributed by atoms with Crippen LogP contribution in [0.15, 0.2) is 18.2 Å². The van der Waals surface area contributed by atoms with Crippen molar-refractivity contribution < 1.29 is 9.53 Å². The zero-order valence-electron chi connectivity index (χ0n) is 12.5. The molecule has 0 fully saturated rings. The van der Waals surface area contributed by atoms with Crippen molar-refractivity contribution in [3.63, 3.8) is 0 Å². The smallest absolute Gasteiger partial charge is 0.308 e. The van der Waals surface area contributed by atoms with E-state index in [1.165, 1.54) is 23.9 Å². The highest BCUT2D eigenvalue weighted by molar-refractivity contribution is 5.71. The van der Waals surface area contributed by atoms with Gasteiger partial charge >= 0.3 is 5.97 Å². The average molecular weight is 263 g/mol. The molecule has 1 unspecified atom stereocenters. The van der Waals surface area contributed by atoms with E-state index in [0.717, 1.165) is 25.8 Å². The number of ether oxygens (including phenoxy) is 1. The highest BCUT2D eigenvalue weighted by atomic mass is 16.5. The molecular weight excluding hydrogens is 238 g/mol. The molecule has 3 nitrogen and oxygen atoms in total. The molecule has 2 rings (SSSR count). The molecule has 0 spiro atoms. The van der Waals surface area contributed by atoms with Gasteiger partial charge in [0, 0.05) is 12.2 Å². The molecule has 0 radical (unpaired) electrons. The van der Waals surface area contributed by atoms with Crippen molar-refractivity contribution in [3.05, 3.63) is 29.3 Å². The first-order valence-corrected chi connectivity index (χ1v) is 7.00. The lowest BCUT2D eigenvalue weighted by atomic mass is 10.0. The van der Waals surface area contributed by atoms with Gasteiger partial charge < -0.3 is 10.1 Å². The fourth-order valence-corrected chi connectivity index (χ4v) is 2.01. The molecule has 1 atom stereocenters. The number of unbranched alkanes of at least 4 members (excludes halogenated alkanes) is 1. The normalized spacial score (nSPS) is 13.1. The first kappa shape index (κ1) is 15.5. The second-order valence-electron chi connectivity index (χ2n) is 5.02. The Labute approximate surface area is 116 Å². The van der Waals surface area contributed by atoms with Crippen LogP contribution in [0.4, 0.5) is 5.69 Å². The number of rotatable bonds is 4. The minimum atomic E-state index is -0.0894. The molecular formula is C16H25NO2. The van der Waals surface area contributed by atoms with Crippen LogP contribution < -0.4 is 5.32 Å². The predicted molar refractivity (Wildman–Crippen MR) is 79.2 cm³/mol. The van der Waals surface area contributed by atoms with Crippen LogP contribution in [0.25, 0.3) is 0 Å². The number of benzene rings is 1. The number of carbonyl (C=O) groups excluding carboxylic acids is 1. The number of esters is 1. The summed E-state index contributed by atoms with van der Waals surface area (Å²) in [5, 5.41) is 3.23. The Balaban J connectivity index is 0.000000190. The summed E-state index contributed by atoms with van der Waals surface area (Å²) < 4.78 is 4.57. The molecule has 0 saturated heterocycles. The van der Waals surface area contributed by atoms with Crippen molar-refractivity contribution in [3.8, 4) is 0 Å². The van der Waals surface area contributed by atoms with E-state index in [4.69, 9.17) is 0 Å². The maximum atomic E-state index is 10.8. The molecule has 0 amide bonds. The Morgan fingerprint density at radius 3 is 2.63 bits per heavy atom. The summed E-state index contributed by atoms with van der Waals surface area (Å²) in [6, 6.07) is 6.35. The number of hydrogen-bond acceptors (Lipinski definition) is 3. The molecule has 106 valence electrons. The lowest BCUT2D eigenvalue weighted by molar-refractivity contribution is -0.145. The monoisotopic (exact) mass is 263 g/mol. The van der Waals surface area contributed by atoms with Gasteiger partial charge in [0.1, 0.15) is 0 Å². The Bertz CT molecular complexity index is 401. The number of anilines is 1. The van der Waals surface area contributed by atoms with E-state index >= 15 is 0 Å². The minimum Gasteiger partial charge on any atom is -0.469 e. The largest absolute Gasteiger partial charge is 0.469 e. The van der Waals surface area contributed by atoms with Crippen molar-refractivity contribution in [1.82, 2.24) is 0 Å². The zero-order valence-corrected chi connectivity index (χ0v) is 12.5. The van der Waals surface area contributed by atoms with Crippen LogP contribution in [0.5, 0.6) is 0 Å². The molecule has 0 aliphatic carbocycles. The summed E-state index contributed by atoms with van der Waals surface area (Å²) in [5.74, 6) is -0.0154. The number of fused-ring (bicyclic) bond motifs is 1. The van der Waals surface area contributed by atoms with Gasteiger partial charge in [-0.2, -0.15) is 0 Å². The third-order valence-corrected chi connectivity index (χ3v) is 3.46. The number of hydrogen-bond donors (Lipinski definition) is 1. The van der Waals surface area contributed by atoms with Crippen LogP contribution in [-0.2, 0) is 16.1 Å². The molecule has 1 heterocycles. The van der Waals surface area contributed by atoms with Gasteiger partial charge in [-0.1, -0.05) is 38.8 Å². The summed E-state index contributed by atoms with van der Waals surface area (Å²) in [6.07, 6.45) is 3.20. The summed E-state index contributed by atoms with van der Waals surface area (Å²) >= 11 is 0. The van der Waals surface area contributed by atoms with E-state index in [9.17, 15) is 4.79 Å². The standard InChI is InChI=1S/C8H9N.C8H16O2/c1-6-3-2-4-8-7(6)5-9-8;1-4-5-6-7(2)8(9)10-3/h2-4,9H,5H2,1H3;7H,4-6H2,1-3H3. The first-order chi connectivity index (χ1) is 9.10. The summed E-state index contributed by atoms with van der Waals surface area (Å²) in [4.78, 5) is 10.8. The highest BCUT2D eigenvalue weighted by Gasteiger charge is 2.12. The lowest BCUT2D eigenvalue weighted by Crippen LogP contribution is -2.14. The summed E-state index contributed by atoms with van der Waals surface area (Å²) in [6.45, 7) is 7.23. The molecule has 1 aliphatic rings. The number of methoxy groups -OCH3 is 1. The summed E-state index contributed by atoms with van der Waals surface area (Å²) in [7, 11) is 1.44. The Morgan fingerprint density at radius 1 is 1.47 bits per heavy atom. The van der Waals surface area contributed by atoms with Gasteiger partial charge in [0.25, 0.3) is 0 Å². The van der Waals surface area contributed by atoms with E-state index in [0.29, 0.717) is 0 Å². The molecule has 0 aromatic heterocycles. The molecule has 0 saturated carbocycles. The van der Waals surface area contributed by atoms with E-state index < -0.39 is 0 Å². The Morgan fingerprint density at radius 2 is 2.21 bits per heavy atom. The van der Waals surface area contributed by atoms with E-state index in [-0.39, 0.29) is 11.9 Å². The van der Waals surface area contributed by atoms with E-state index in [2.05, 4.69) is 42.1 Å². The zero-order chi connectivity index (χ0) is 14.3. The van der Waals surface area contributed by atoms with Gasteiger partial charge in [-0.3, -0.25) is 4.79 Å². The van der Waals surface area contributed by atoms with Gasteiger partial charge in [0.2, 0.25) is 0 Å². The van der Waals surface area contributed by atoms with Gasteiger partial charge in [-0.15, -0.1) is 0 Å². The Hall–Kier alpha value is -1.51. The van der Waals surface area contributed by atoms with Crippen LogP contribution >= 0.6 is 0 Å². The molecule has 3 heteroatoms. The SMILES string of the molecule is CCCCC(C)C(=O)OC.Cc1cccc2c1CN2. The lowest BCUT2D eigenvalue weighted by Gasteiger charge is -2.22. The van der Waals surface area contributed by atoms with Gasteiger partial charge in [0.05, 0.1) is 13.0 Å². The minimum absolute atomic E-state index is 0.0740. The fraction of sp³-hybridized carbons (Fsp3) is 0.562.